The summed E-state index contributed by atoms with van der Waals surface area (Å²) in [4.78, 5) is 23.0. The molecule has 3 N–H and O–H groups in total. The molecule has 2 atom stereocenters. The lowest BCUT2D eigenvalue weighted by molar-refractivity contribution is 0.0696. The third-order valence-electron chi connectivity index (χ3n) is 3.84. The van der Waals surface area contributed by atoms with Gasteiger partial charge in [-0.25, -0.2) is 9.59 Å². The molecule has 0 spiro atoms. The summed E-state index contributed by atoms with van der Waals surface area (Å²) < 4.78 is 0. The number of carboxylic acids is 1. The van der Waals surface area contributed by atoms with Crippen LogP contribution in [0.3, 0.4) is 0 Å². The van der Waals surface area contributed by atoms with Crippen LogP contribution in [-0.2, 0) is 0 Å². The molecular weight excluding hydrogens is 256 g/mol. The number of hydrogen-bond donors (Lipinski definition) is 3. The average molecular weight is 276 g/mol. The van der Waals surface area contributed by atoms with Gasteiger partial charge in [0.2, 0.25) is 0 Å². The number of rotatable bonds is 3. The zero-order valence-corrected chi connectivity index (χ0v) is 11.8. The Morgan fingerprint density at radius 1 is 1.30 bits per heavy atom. The molecule has 108 valence electrons. The normalized spacial score (nSPS) is 21.5. The summed E-state index contributed by atoms with van der Waals surface area (Å²) in [5, 5.41) is 14.7. The second-order valence-corrected chi connectivity index (χ2v) is 5.50. The first-order valence-electron chi connectivity index (χ1n) is 6.87. The lowest BCUT2D eigenvalue weighted by Gasteiger charge is -2.15. The van der Waals surface area contributed by atoms with Crippen LogP contribution in [0.4, 0.5) is 10.5 Å². The average Bonchev–Trinajstić information content (AvgIpc) is 2.77. The molecular formula is C15H20N2O3. The van der Waals surface area contributed by atoms with Crippen LogP contribution in [0.2, 0.25) is 0 Å². The Balaban J connectivity index is 2.01. The number of carbonyl (C=O) groups is 2. The second-order valence-electron chi connectivity index (χ2n) is 5.50. The van der Waals surface area contributed by atoms with Crippen molar-refractivity contribution in [1.82, 2.24) is 5.32 Å². The van der Waals surface area contributed by atoms with Gasteiger partial charge in [0.15, 0.2) is 0 Å². The van der Waals surface area contributed by atoms with E-state index in [0.29, 0.717) is 17.2 Å². The first-order chi connectivity index (χ1) is 9.47. The van der Waals surface area contributed by atoms with E-state index in [1.165, 1.54) is 6.07 Å². The van der Waals surface area contributed by atoms with Crippen LogP contribution < -0.4 is 10.6 Å². The maximum absolute atomic E-state index is 11.9. The molecule has 2 amide bonds. The Morgan fingerprint density at radius 2 is 2.05 bits per heavy atom. The predicted octanol–water partition coefficient (Wildman–Crippen LogP) is 3.00. The maximum Gasteiger partial charge on any atom is 0.336 e. The molecule has 5 heteroatoms. The molecule has 0 radical (unpaired) electrons. The summed E-state index contributed by atoms with van der Waals surface area (Å²) in [6, 6.07) is 4.81. The van der Waals surface area contributed by atoms with E-state index < -0.39 is 5.97 Å². The van der Waals surface area contributed by atoms with Gasteiger partial charge in [0.25, 0.3) is 0 Å². The Bertz CT molecular complexity index is 528. The van der Waals surface area contributed by atoms with Gasteiger partial charge in [0.05, 0.1) is 5.56 Å². The van der Waals surface area contributed by atoms with Crippen LogP contribution in [0.1, 0.15) is 42.1 Å². The molecule has 0 aromatic heterocycles. The summed E-state index contributed by atoms with van der Waals surface area (Å²) in [5.74, 6) is -0.339. The summed E-state index contributed by atoms with van der Waals surface area (Å²) in [7, 11) is 0. The number of benzene rings is 1. The van der Waals surface area contributed by atoms with Gasteiger partial charge in [0, 0.05) is 11.7 Å². The molecule has 0 heterocycles. The maximum atomic E-state index is 11.9. The number of amides is 2. The van der Waals surface area contributed by atoms with Crippen molar-refractivity contribution in [3.05, 3.63) is 29.3 Å². The van der Waals surface area contributed by atoms with Crippen LogP contribution in [0.5, 0.6) is 0 Å². The van der Waals surface area contributed by atoms with Crippen LogP contribution in [-0.4, -0.2) is 23.1 Å². The van der Waals surface area contributed by atoms with E-state index in [0.717, 1.165) is 19.3 Å². The fourth-order valence-electron chi connectivity index (χ4n) is 2.68. The molecule has 0 aliphatic heterocycles. The topological polar surface area (TPSA) is 78.4 Å². The van der Waals surface area contributed by atoms with E-state index in [4.69, 9.17) is 5.11 Å². The highest BCUT2D eigenvalue weighted by atomic mass is 16.4. The fraction of sp³-hybridized carbons (Fsp3) is 0.467. The molecule has 2 unspecified atom stereocenters. The number of nitrogens with one attached hydrogen (secondary N) is 2. The quantitative estimate of drug-likeness (QED) is 0.794. The van der Waals surface area contributed by atoms with Crippen molar-refractivity contribution in [3.63, 3.8) is 0 Å². The Kier molecular flexibility index (Phi) is 4.27. The van der Waals surface area contributed by atoms with Crippen LogP contribution in [0, 0.1) is 12.8 Å². The van der Waals surface area contributed by atoms with E-state index in [1.54, 1.807) is 19.1 Å². The third-order valence-corrected chi connectivity index (χ3v) is 3.84. The number of hydrogen-bond acceptors (Lipinski definition) is 2. The minimum absolute atomic E-state index is 0.206. The number of carbonyl (C=O) groups excluding carboxylic acids is 1. The summed E-state index contributed by atoms with van der Waals surface area (Å²) in [5.41, 5.74) is 1.31. The van der Waals surface area contributed by atoms with Gasteiger partial charge in [-0.2, -0.15) is 0 Å². The Hall–Kier alpha value is -2.04. The zero-order chi connectivity index (χ0) is 14.7. The van der Waals surface area contributed by atoms with Crippen LogP contribution in [0.25, 0.3) is 0 Å². The predicted molar refractivity (Wildman–Crippen MR) is 77.1 cm³/mol. The van der Waals surface area contributed by atoms with Crippen LogP contribution >= 0.6 is 0 Å². The highest BCUT2D eigenvalue weighted by Crippen LogP contribution is 2.25. The zero-order valence-electron chi connectivity index (χ0n) is 11.8. The van der Waals surface area contributed by atoms with E-state index in [9.17, 15) is 9.59 Å². The minimum Gasteiger partial charge on any atom is -0.478 e. The first-order valence-corrected chi connectivity index (χ1v) is 6.87. The largest absolute Gasteiger partial charge is 0.478 e. The smallest absolute Gasteiger partial charge is 0.336 e. The second kappa shape index (κ2) is 5.94. The van der Waals surface area contributed by atoms with Gasteiger partial charge in [-0.15, -0.1) is 0 Å². The van der Waals surface area contributed by atoms with Crippen molar-refractivity contribution in [2.24, 2.45) is 5.92 Å². The van der Waals surface area contributed by atoms with Crippen molar-refractivity contribution in [2.45, 2.75) is 39.2 Å². The standard InChI is InChI=1S/C15H20N2O3/c1-9-6-7-11(8-9)16-15(20)17-13-5-3-4-12(10(13)2)14(18)19/h3-5,9,11H,6-8H2,1-2H3,(H,18,19)(H2,16,17,20). The Labute approximate surface area is 118 Å². The number of carboxylic acid groups (broad SMARTS) is 1. The van der Waals surface area contributed by atoms with Crippen molar-refractivity contribution in [3.8, 4) is 0 Å². The molecule has 0 bridgehead atoms. The lowest BCUT2D eigenvalue weighted by atomic mass is 10.1. The van der Waals surface area contributed by atoms with E-state index in [1.807, 2.05) is 0 Å². The van der Waals surface area contributed by atoms with Gasteiger partial charge in [-0.05, 0) is 49.8 Å². The monoisotopic (exact) mass is 276 g/mol. The first kappa shape index (κ1) is 14.4. The summed E-state index contributed by atoms with van der Waals surface area (Å²) in [6.07, 6.45) is 3.14. The van der Waals surface area contributed by atoms with Gasteiger partial charge in [0.1, 0.15) is 0 Å². The molecule has 1 aliphatic rings. The summed E-state index contributed by atoms with van der Waals surface area (Å²) >= 11 is 0. The lowest BCUT2D eigenvalue weighted by Crippen LogP contribution is -2.36. The van der Waals surface area contributed by atoms with Crippen molar-refractivity contribution >= 4 is 17.7 Å². The molecule has 2 rings (SSSR count). The fourth-order valence-corrected chi connectivity index (χ4v) is 2.68. The third kappa shape index (κ3) is 3.29. The molecule has 1 aromatic rings. The highest BCUT2D eigenvalue weighted by molar-refractivity contribution is 5.95. The molecule has 1 aliphatic carbocycles. The van der Waals surface area contributed by atoms with E-state index in [-0.39, 0.29) is 17.6 Å². The molecule has 1 saturated carbocycles. The molecule has 0 saturated heterocycles. The van der Waals surface area contributed by atoms with Crippen molar-refractivity contribution in [2.75, 3.05) is 5.32 Å². The molecule has 5 nitrogen and oxygen atoms in total. The SMILES string of the molecule is Cc1c(NC(=O)NC2CCC(C)C2)cccc1C(=O)O. The number of aromatic carboxylic acids is 1. The van der Waals surface area contributed by atoms with Gasteiger partial charge in [-0.3, -0.25) is 0 Å². The van der Waals surface area contributed by atoms with Gasteiger partial charge in [-0.1, -0.05) is 13.0 Å². The van der Waals surface area contributed by atoms with Gasteiger partial charge < -0.3 is 15.7 Å². The molecule has 1 aromatic carbocycles. The van der Waals surface area contributed by atoms with E-state index in [2.05, 4.69) is 17.6 Å². The van der Waals surface area contributed by atoms with Crippen LogP contribution in [0.15, 0.2) is 18.2 Å². The number of anilines is 1. The summed E-state index contributed by atoms with van der Waals surface area (Å²) in [6.45, 7) is 3.87. The highest BCUT2D eigenvalue weighted by Gasteiger charge is 2.23. The Morgan fingerprint density at radius 3 is 2.65 bits per heavy atom. The molecule has 1 fully saturated rings. The van der Waals surface area contributed by atoms with Crippen molar-refractivity contribution < 1.29 is 14.7 Å². The minimum atomic E-state index is -0.990. The van der Waals surface area contributed by atoms with Crippen molar-refractivity contribution in [1.29, 1.82) is 0 Å². The number of urea groups is 1. The van der Waals surface area contributed by atoms with Gasteiger partial charge >= 0.3 is 12.0 Å². The molecule has 20 heavy (non-hydrogen) atoms. The van der Waals surface area contributed by atoms with E-state index >= 15 is 0 Å².